The number of carbonyl (C=O) groups excluding carboxylic acids is 1. The quantitative estimate of drug-likeness (QED) is 0.601. The van der Waals surface area contributed by atoms with Crippen molar-refractivity contribution >= 4 is 14.3 Å². The van der Waals surface area contributed by atoms with Gasteiger partial charge in [0.25, 0.3) is 0 Å². The van der Waals surface area contributed by atoms with Crippen molar-refractivity contribution in [1.82, 2.24) is 0 Å². The minimum Gasteiger partial charge on any atom is -0.459 e. The second-order valence-electron chi connectivity index (χ2n) is 6.65. The summed E-state index contributed by atoms with van der Waals surface area (Å²) in [5.41, 5.74) is 0.576. The molecule has 0 amide bonds. The molecule has 0 aromatic heterocycles. The largest absolute Gasteiger partial charge is 0.459 e. The van der Waals surface area contributed by atoms with E-state index in [1.165, 1.54) is 0 Å². The van der Waals surface area contributed by atoms with E-state index in [1.54, 1.807) is 12.1 Å². The lowest BCUT2D eigenvalue weighted by atomic mass is 10.2. The van der Waals surface area contributed by atoms with E-state index in [2.05, 4.69) is 33.9 Å². The van der Waals surface area contributed by atoms with Gasteiger partial charge in [0.15, 0.2) is 8.32 Å². The first-order valence-corrected chi connectivity index (χ1v) is 9.94. The van der Waals surface area contributed by atoms with Crippen LogP contribution < -0.4 is 0 Å². The normalized spacial score (nSPS) is 13.9. The summed E-state index contributed by atoms with van der Waals surface area (Å²) in [6, 6.07) is 9.03. The first-order chi connectivity index (χ1) is 9.13. The molecule has 20 heavy (non-hydrogen) atoms. The van der Waals surface area contributed by atoms with Gasteiger partial charge in [0.05, 0.1) is 11.7 Å². The van der Waals surface area contributed by atoms with Crippen molar-refractivity contribution < 1.29 is 14.0 Å². The van der Waals surface area contributed by atoms with Crippen molar-refractivity contribution in [2.24, 2.45) is 0 Å². The van der Waals surface area contributed by atoms with Crippen LogP contribution in [0.15, 0.2) is 30.3 Å². The first-order valence-electron chi connectivity index (χ1n) is 7.03. The molecule has 4 heteroatoms. The summed E-state index contributed by atoms with van der Waals surface area (Å²) in [6.45, 7) is 13.2. The number of ether oxygens (including phenoxy) is 1. The van der Waals surface area contributed by atoms with Crippen LogP contribution in [0.3, 0.4) is 0 Å². The predicted octanol–water partition coefficient (Wildman–Crippen LogP) is 4.25. The zero-order chi connectivity index (χ0) is 15.4. The highest BCUT2D eigenvalue weighted by atomic mass is 28.4. The van der Waals surface area contributed by atoms with E-state index in [0.717, 1.165) is 0 Å². The fourth-order valence-corrected chi connectivity index (χ4v) is 2.99. The molecular formula is C16H26O3Si. The molecule has 0 radical (unpaired) electrons. The lowest BCUT2D eigenvalue weighted by Crippen LogP contribution is -2.44. The lowest BCUT2D eigenvalue weighted by molar-refractivity contribution is 0.0318. The topological polar surface area (TPSA) is 35.5 Å². The minimum absolute atomic E-state index is 0.0800. The van der Waals surface area contributed by atoms with Crippen LogP contribution in [0.5, 0.6) is 0 Å². The van der Waals surface area contributed by atoms with Crippen molar-refractivity contribution in [3.05, 3.63) is 35.9 Å². The Morgan fingerprint density at radius 3 is 2.25 bits per heavy atom. The summed E-state index contributed by atoms with van der Waals surface area (Å²) < 4.78 is 11.5. The van der Waals surface area contributed by atoms with Crippen LogP contribution in [0.1, 0.15) is 38.1 Å². The van der Waals surface area contributed by atoms with E-state index in [4.69, 9.17) is 9.16 Å². The number of carbonyl (C=O) groups is 1. The fourth-order valence-electron chi connectivity index (χ4n) is 1.56. The fraction of sp³-hybridized carbons (Fsp3) is 0.562. The van der Waals surface area contributed by atoms with Crippen LogP contribution >= 0.6 is 0 Å². The third-order valence-corrected chi connectivity index (χ3v) is 8.36. The maximum absolute atomic E-state index is 11.8. The van der Waals surface area contributed by atoms with Gasteiger partial charge in [-0.3, -0.25) is 0 Å². The maximum Gasteiger partial charge on any atom is 0.338 e. The molecule has 0 saturated heterocycles. The lowest BCUT2D eigenvalue weighted by Gasteiger charge is -2.38. The van der Waals surface area contributed by atoms with Crippen molar-refractivity contribution in [3.63, 3.8) is 0 Å². The summed E-state index contributed by atoms with van der Waals surface area (Å²) in [5, 5.41) is 0.157. The van der Waals surface area contributed by atoms with Crippen LogP contribution in [0.2, 0.25) is 18.1 Å². The molecule has 1 unspecified atom stereocenters. The molecule has 1 aromatic carbocycles. The number of benzene rings is 1. The van der Waals surface area contributed by atoms with Gasteiger partial charge in [0, 0.05) is 0 Å². The Labute approximate surface area is 123 Å². The van der Waals surface area contributed by atoms with Crippen LogP contribution in [-0.4, -0.2) is 27.0 Å². The highest BCUT2D eigenvalue weighted by Crippen LogP contribution is 2.37. The molecule has 0 fully saturated rings. The van der Waals surface area contributed by atoms with Crippen LogP contribution in [0.25, 0.3) is 0 Å². The SMILES string of the molecule is CC(COC(=O)c1ccccc1)O[Si](C)(C)C(C)(C)C. The molecule has 0 bridgehead atoms. The van der Waals surface area contributed by atoms with Crippen molar-refractivity contribution in [2.45, 2.75) is 51.9 Å². The van der Waals surface area contributed by atoms with Gasteiger partial charge in [-0.2, -0.15) is 0 Å². The molecule has 0 aliphatic heterocycles. The van der Waals surface area contributed by atoms with Crippen molar-refractivity contribution in [1.29, 1.82) is 0 Å². The molecule has 0 aliphatic carbocycles. The van der Waals surface area contributed by atoms with Gasteiger partial charge in [-0.15, -0.1) is 0 Å². The number of hydrogen-bond donors (Lipinski definition) is 0. The van der Waals surface area contributed by atoms with Crippen LogP contribution in [-0.2, 0) is 9.16 Å². The average Bonchev–Trinajstić information content (AvgIpc) is 2.35. The Hall–Kier alpha value is -1.13. The molecule has 0 N–H and O–H groups in total. The highest BCUT2D eigenvalue weighted by molar-refractivity contribution is 6.74. The molecule has 0 heterocycles. The summed E-state index contributed by atoms with van der Waals surface area (Å²) in [4.78, 5) is 11.8. The second-order valence-corrected chi connectivity index (χ2v) is 11.4. The Morgan fingerprint density at radius 2 is 1.75 bits per heavy atom. The van der Waals surface area contributed by atoms with E-state index in [-0.39, 0.29) is 17.1 Å². The highest BCUT2D eigenvalue weighted by Gasteiger charge is 2.38. The van der Waals surface area contributed by atoms with E-state index < -0.39 is 8.32 Å². The smallest absolute Gasteiger partial charge is 0.338 e. The van der Waals surface area contributed by atoms with Gasteiger partial charge in [0.2, 0.25) is 0 Å². The standard InChI is InChI=1S/C16H26O3Si/c1-13(19-20(5,6)16(2,3)4)12-18-15(17)14-10-8-7-9-11-14/h7-11,13H,12H2,1-6H3. The van der Waals surface area contributed by atoms with Crippen molar-refractivity contribution in [2.75, 3.05) is 6.61 Å². The molecule has 1 atom stereocenters. The Bertz CT molecular complexity index is 435. The maximum atomic E-state index is 11.8. The molecule has 112 valence electrons. The van der Waals surface area contributed by atoms with E-state index in [9.17, 15) is 4.79 Å². The molecule has 3 nitrogen and oxygen atoms in total. The summed E-state index contributed by atoms with van der Waals surface area (Å²) in [7, 11) is -1.81. The zero-order valence-corrected chi connectivity index (χ0v) is 14.4. The summed E-state index contributed by atoms with van der Waals surface area (Å²) in [6.07, 6.45) is -0.0800. The molecule has 0 saturated carbocycles. The third-order valence-electron chi connectivity index (χ3n) is 3.76. The average molecular weight is 294 g/mol. The van der Waals surface area contributed by atoms with Crippen LogP contribution in [0, 0.1) is 0 Å². The number of rotatable bonds is 5. The molecule has 1 rings (SSSR count). The molecule has 0 spiro atoms. The Balaban J connectivity index is 2.48. The first kappa shape index (κ1) is 16.9. The van der Waals surface area contributed by atoms with Gasteiger partial charge in [0.1, 0.15) is 6.61 Å². The van der Waals surface area contributed by atoms with Gasteiger partial charge in [-0.25, -0.2) is 4.79 Å². The van der Waals surface area contributed by atoms with Crippen LogP contribution in [0.4, 0.5) is 0 Å². The molecule has 0 aliphatic rings. The van der Waals surface area contributed by atoms with Gasteiger partial charge in [-0.05, 0) is 37.2 Å². The van der Waals surface area contributed by atoms with E-state index in [1.807, 2.05) is 25.1 Å². The second kappa shape index (κ2) is 6.55. The number of esters is 1. The van der Waals surface area contributed by atoms with E-state index in [0.29, 0.717) is 12.2 Å². The minimum atomic E-state index is -1.81. The number of hydrogen-bond acceptors (Lipinski definition) is 3. The predicted molar refractivity (Wildman–Crippen MR) is 84.5 cm³/mol. The zero-order valence-electron chi connectivity index (χ0n) is 13.4. The van der Waals surface area contributed by atoms with Gasteiger partial charge >= 0.3 is 5.97 Å². The van der Waals surface area contributed by atoms with Crippen molar-refractivity contribution in [3.8, 4) is 0 Å². The van der Waals surface area contributed by atoms with Gasteiger partial charge < -0.3 is 9.16 Å². The monoisotopic (exact) mass is 294 g/mol. The van der Waals surface area contributed by atoms with E-state index >= 15 is 0 Å². The third kappa shape index (κ3) is 4.76. The Morgan fingerprint density at radius 1 is 1.20 bits per heavy atom. The molecule has 1 aromatic rings. The summed E-state index contributed by atoms with van der Waals surface area (Å²) >= 11 is 0. The Kier molecular flexibility index (Phi) is 5.54. The summed E-state index contributed by atoms with van der Waals surface area (Å²) in [5.74, 6) is -0.295. The molecular weight excluding hydrogens is 268 g/mol. The van der Waals surface area contributed by atoms with Gasteiger partial charge in [-0.1, -0.05) is 39.0 Å².